The summed E-state index contributed by atoms with van der Waals surface area (Å²) in [6.07, 6.45) is 48.0. The van der Waals surface area contributed by atoms with Crippen molar-refractivity contribution < 1.29 is 37.6 Å². The monoisotopic (exact) mass is 799 g/mol. The SMILES string of the molecule is CCCCCCC/C=C\C/C=C\CCCCCCCCCCCCCC(=O)OC(COC(=O)CCCCCCCCCCCCCCC)COP(=O)(O)OC. The second-order valence-corrected chi connectivity index (χ2v) is 17.1. The molecule has 324 valence electrons. The molecule has 0 aromatic rings. The molecule has 0 aliphatic heterocycles. The average Bonchev–Trinajstić information content (AvgIpc) is 3.18. The smallest absolute Gasteiger partial charge is 0.462 e. The topological polar surface area (TPSA) is 108 Å². The number of ether oxygens (including phenoxy) is 2. The van der Waals surface area contributed by atoms with E-state index in [1.807, 2.05) is 0 Å². The molecule has 2 unspecified atom stereocenters. The van der Waals surface area contributed by atoms with Crippen LogP contribution in [0.4, 0.5) is 0 Å². The van der Waals surface area contributed by atoms with Crippen LogP contribution in [0.1, 0.15) is 232 Å². The Labute approximate surface area is 339 Å². The summed E-state index contributed by atoms with van der Waals surface area (Å²) < 4.78 is 32.0. The third-order valence-electron chi connectivity index (χ3n) is 10.2. The minimum atomic E-state index is -4.26. The van der Waals surface area contributed by atoms with Crippen molar-refractivity contribution in [3.8, 4) is 0 Å². The Hall–Kier alpha value is -1.47. The Balaban J connectivity index is 3.90. The molecule has 0 saturated heterocycles. The number of phosphoric acid groups is 1. The molecule has 9 heteroatoms. The number of hydrogen-bond acceptors (Lipinski definition) is 7. The molecule has 0 spiro atoms. The number of phosphoric ester groups is 1. The molecule has 0 aliphatic carbocycles. The minimum Gasteiger partial charge on any atom is -0.462 e. The number of carbonyl (C=O) groups is 2. The van der Waals surface area contributed by atoms with Crippen LogP contribution >= 0.6 is 7.82 Å². The van der Waals surface area contributed by atoms with Crippen LogP contribution < -0.4 is 0 Å². The van der Waals surface area contributed by atoms with Gasteiger partial charge in [-0.3, -0.25) is 18.6 Å². The van der Waals surface area contributed by atoms with Gasteiger partial charge in [0.2, 0.25) is 0 Å². The van der Waals surface area contributed by atoms with E-state index in [-0.39, 0.29) is 19.0 Å². The van der Waals surface area contributed by atoms with Crippen molar-refractivity contribution in [3.05, 3.63) is 24.3 Å². The van der Waals surface area contributed by atoms with Crippen LogP contribution in [-0.2, 0) is 32.7 Å². The van der Waals surface area contributed by atoms with Gasteiger partial charge in [0.25, 0.3) is 0 Å². The van der Waals surface area contributed by atoms with Crippen LogP contribution in [-0.4, -0.2) is 43.3 Å². The minimum absolute atomic E-state index is 0.221. The van der Waals surface area contributed by atoms with E-state index in [9.17, 15) is 19.0 Å². The first kappa shape index (κ1) is 53.5. The van der Waals surface area contributed by atoms with Crippen molar-refractivity contribution in [2.24, 2.45) is 0 Å². The maximum atomic E-state index is 12.5. The summed E-state index contributed by atoms with van der Waals surface area (Å²) in [6, 6.07) is 0. The summed E-state index contributed by atoms with van der Waals surface area (Å²) in [5.74, 6) is -0.796. The second-order valence-electron chi connectivity index (χ2n) is 15.5. The molecule has 0 aromatic carbocycles. The Morgan fingerprint density at radius 2 is 0.873 bits per heavy atom. The number of unbranched alkanes of at least 4 members (excludes halogenated alkanes) is 28. The molecule has 0 fully saturated rings. The Bertz CT molecular complexity index is 952. The molecule has 0 saturated carbocycles. The first-order chi connectivity index (χ1) is 26.8. The predicted octanol–water partition coefficient (Wildman–Crippen LogP) is 14.6. The highest BCUT2D eigenvalue weighted by molar-refractivity contribution is 7.47. The summed E-state index contributed by atoms with van der Waals surface area (Å²) >= 11 is 0. The van der Waals surface area contributed by atoms with Crippen LogP contribution in [0.25, 0.3) is 0 Å². The normalized spacial score (nSPS) is 13.5. The van der Waals surface area contributed by atoms with Gasteiger partial charge in [0.05, 0.1) is 6.61 Å². The Morgan fingerprint density at radius 3 is 1.27 bits per heavy atom. The van der Waals surface area contributed by atoms with E-state index in [1.165, 1.54) is 161 Å². The summed E-state index contributed by atoms with van der Waals surface area (Å²) in [7, 11) is -3.19. The molecule has 0 aromatic heterocycles. The van der Waals surface area contributed by atoms with E-state index in [0.29, 0.717) is 12.8 Å². The van der Waals surface area contributed by atoms with E-state index in [4.69, 9.17) is 14.0 Å². The van der Waals surface area contributed by atoms with Gasteiger partial charge in [0, 0.05) is 20.0 Å². The van der Waals surface area contributed by atoms with Crippen molar-refractivity contribution in [2.45, 2.75) is 238 Å². The predicted molar refractivity (Wildman–Crippen MR) is 230 cm³/mol. The lowest BCUT2D eigenvalue weighted by Crippen LogP contribution is -2.29. The fraction of sp³-hybridized carbons (Fsp3) is 0.870. The van der Waals surface area contributed by atoms with E-state index in [1.54, 1.807) is 0 Å². The maximum Gasteiger partial charge on any atom is 0.472 e. The molecule has 0 aliphatic rings. The lowest BCUT2D eigenvalue weighted by molar-refractivity contribution is -0.161. The van der Waals surface area contributed by atoms with Gasteiger partial charge in [-0.2, -0.15) is 0 Å². The number of esters is 2. The first-order valence-electron chi connectivity index (χ1n) is 23.0. The van der Waals surface area contributed by atoms with Gasteiger partial charge in [0.1, 0.15) is 6.61 Å². The van der Waals surface area contributed by atoms with Gasteiger partial charge >= 0.3 is 19.8 Å². The molecule has 2 atom stereocenters. The van der Waals surface area contributed by atoms with Crippen LogP contribution in [0, 0.1) is 0 Å². The van der Waals surface area contributed by atoms with Crippen LogP contribution in [0.5, 0.6) is 0 Å². The number of carbonyl (C=O) groups excluding carboxylic acids is 2. The van der Waals surface area contributed by atoms with Gasteiger partial charge in [-0.1, -0.05) is 199 Å². The Morgan fingerprint density at radius 1 is 0.509 bits per heavy atom. The van der Waals surface area contributed by atoms with Gasteiger partial charge in [-0.15, -0.1) is 0 Å². The average molecular weight is 799 g/mol. The van der Waals surface area contributed by atoms with Gasteiger partial charge in [-0.25, -0.2) is 4.57 Å². The van der Waals surface area contributed by atoms with Gasteiger partial charge in [0.15, 0.2) is 6.10 Å². The Kier molecular flexibility index (Phi) is 41.0. The van der Waals surface area contributed by atoms with Crippen LogP contribution in [0.3, 0.4) is 0 Å². The zero-order valence-corrected chi connectivity index (χ0v) is 37.0. The van der Waals surface area contributed by atoms with Gasteiger partial charge in [-0.05, 0) is 44.9 Å². The lowest BCUT2D eigenvalue weighted by Gasteiger charge is -2.19. The fourth-order valence-corrected chi connectivity index (χ4v) is 7.09. The zero-order chi connectivity index (χ0) is 40.3. The van der Waals surface area contributed by atoms with Gasteiger partial charge < -0.3 is 14.4 Å². The largest absolute Gasteiger partial charge is 0.472 e. The third kappa shape index (κ3) is 42.0. The molecule has 0 rings (SSSR count). The van der Waals surface area contributed by atoms with E-state index >= 15 is 0 Å². The molecule has 1 N–H and O–H groups in total. The summed E-state index contributed by atoms with van der Waals surface area (Å²) in [4.78, 5) is 34.5. The van der Waals surface area contributed by atoms with Crippen molar-refractivity contribution in [1.29, 1.82) is 0 Å². The van der Waals surface area contributed by atoms with Crippen molar-refractivity contribution >= 4 is 19.8 Å². The van der Waals surface area contributed by atoms with Crippen molar-refractivity contribution in [2.75, 3.05) is 20.3 Å². The molecule has 8 nitrogen and oxygen atoms in total. The molecule has 0 amide bonds. The number of hydrogen-bond donors (Lipinski definition) is 1. The van der Waals surface area contributed by atoms with E-state index in [2.05, 4.69) is 42.7 Å². The number of rotatable bonds is 43. The highest BCUT2D eigenvalue weighted by Gasteiger charge is 2.24. The molecule has 0 radical (unpaired) electrons. The van der Waals surface area contributed by atoms with Crippen molar-refractivity contribution in [1.82, 2.24) is 0 Å². The van der Waals surface area contributed by atoms with E-state index in [0.717, 1.165) is 45.6 Å². The standard InChI is InChI=1S/C46H87O8P/c1-4-6-8-10-12-14-16-18-19-20-21-22-23-24-25-26-27-29-31-33-35-37-39-41-46(48)54-44(43-53-55(49,50)51-3)42-52-45(47)40-38-36-34-32-30-28-17-15-13-11-9-7-5-2/h16,18,20-21,44H,4-15,17,19,22-43H2,1-3H3,(H,49,50)/b18-16-,21-20-. The summed E-state index contributed by atoms with van der Waals surface area (Å²) in [5.41, 5.74) is 0. The van der Waals surface area contributed by atoms with Crippen LogP contribution in [0.2, 0.25) is 0 Å². The highest BCUT2D eigenvalue weighted by Crippen LogP contribution is 2.42. The first-order valence-corrected chi connectivity index (χ1v) is 24.5. The molecule has 0 bridgehead atoms. The third-order valence-corrected chi connectivity index (χ3v) is 11.1. The molecule has 0 heterocycles. The van der Waals surface area contributed by atoms with E-state index < -0.39 is 26.5 Å². The molecular weight excluding hydrogens is 711 g/mol. The lowest BCUT2D eigenvalue weighted by atomic mass is 10.0. The van der Waals surface area contributed by atoms with Crippen LogP contribution in [0.15, 0.2) is 24.3 Å². The maximum absolute atomic E-state index is 12.5. The highest BCUT2D eigenvalue weighted by atomic mass is 31.2. The molecular formula is C46H87O8P. The van der Waals surface area contributed by atoms with Crippen molar-refractivity contribution in [3.63, 3.8) is 0 Å². The quantitative estimate of drug-likeness (QED) is 0.0281. The summed E-state index contributed by atoms with van der Waals surface area (Å²) in [5, 5.41) is 0. The number of allylic oxidation sites excluding steroid dienone is 4. The summed E-state index contributed by atoms with van der Waals surface area (Å²) in [6.45, 7) is 3.90. The zero-order valence-electron chi connectivity index (χ0n) is 36.1. The second kappa shape index (κ2) is 42.1. The molecule has 55 heavy (non-hydrogen) atoms. The fourth-order valence-electron chi connectivity index (χ4n) is 6.63.